The fraction of sp³-hybridized carbons (Fsp3) is 0.400. The van der Waals surface area contributed by atoms with Crippen LogP contribution in [0.25, 0.3) is 0 Å². The summed E-state index contributed by atoms with van der Waals surface area (Å²) in [6, 6.07) is 0. The molecular weight excluding hydrogens is 215 g/mol. The molecular formula is C5H11IN2. The predicted molar refractivity (Wildman–Crippen MR) is 44.8 cm³/mol. The van der Waals surface area contributed by atoms with Gasteiger partial charge in [0, 0.05) is 1.43 Å². The monoisotopic (exact) mass is 226 g/mol. The highest BCUT2D eigenvalue weighted by molar-refractivity contribution is 14.1. The van der Waals surface area contributed by atoms with Crippen LogP contribution in [0.2, 0.25) is 0 Å². The maximum absolute atomic E-state index is 3.76. The van der Waals surface area contributed by atoms with Crippen molar-refractivity contribution < 1.29 is 1.43 Å². The summed E-state index contributed by atoms with van der Waals surface area (Å²) in [7, 11) is 0. The summed E-state index contributed by atoms with van der Waals surface area (Å²) in [4.78, 5) is 6.63. The number of nitrogens with zero attached hydrogens (tertiary/aromatic N) is 1. The van der Waals surface area contributed by atoms with E-state index in [2.05, 4.69) is 32.6 Å². The Kier molecular flexibility index (Phi) is 5.05. The summed E-state index contributed by atoms with van der Waals surface area (Å²) in [5, 5.41) is 0. The van der Waals surface area contributed by atoms with Crippen molar-refractivity contribution in [2.24, 2.45) is 0 Å². The van der Waals surface area contributed by atoms with Crippen LogP contribution in [0.15, 0.2) is 12.5 Å². The molecule has 0 amide bonds. The Labute approximate surface area is 64.3 Å². The second-order valence-electron chi connectivity index (χ2n) is 0.900. The first-order valence-corrected chi connectivity index (χ1v) is 3.61. The lowest BCUT2D eigenvalue weighted by atomic mass is 11.0. The smallest absolute Gasteiger partial charge is 0.0968 e. The molecule has 3 heteroatoms. The average Bonchev–Trinajstić information content (AvgIpc) is 2.24. The van der Waals surface area contributed by atoms with Gasteiger partial charge in [0.05, 0.1) is 16.2 Å². The Hall–Kier alpha value is -0.0600. The Bertz CT molecular complexity index is 119. The molecule has 0 aliphatic heterocycles. The van der Waals surface area contributed by atoms with E-state index in [1.54, 1.807) is 12.5 Å². The molecule has 1 rings (SSSR count). The minimum absolute atomic E-state index is 0. The Balaban J connectivity index is 0. The van der Waals surface area contributed by atoms with Gasteiger partial charge in [-0.05, 0) is 22.6 Å². The third kappa shape index (κ3) is 3.01. The molecule has 1 heterocycles. The van der Waals surface area contributed by atoms with Gasteiger partial charge < -0.3 is 4.98 Å². The summed E-state index contributed by atoms with van der Waals surface area (Å²) >= 11 is 2.16. The van der Waals surface area contributed by atoms with Crippen LogP contribution in [0.5, 0.6) is 0 Å². The normalized spacial score (nSPS) is 7.38. The van der Waals surface area contributed by atoms with Crippen molar-refractivity contribution >= 4 is 22.6 Å². The van der Waals surface area contributed by atoms with E-state index in [0.29, 0.717) is 0 Å². The second-order valence-corrected chi connectivity index (χ2v) is 2.06. The van der Waals surface area contributed by atoms with Crippen LogP contribution in [0.1, 0.15) is 15.3 Å². The topological polar surface area (TPSA) is 28.7 Å². The molecule has 1 aromatic rings. The van der Waals surface area contributed by atoms with Gasteiger partial charge in [0.1, 0.15) is 0 Å². The standard InChI is InChI=1S/C3H3IN2.C2H6.H2/c4-3-1-5-2-6-3;1-2;/h1-2H,(H,5,6);1-2H3;1H. The van der Waals surface area contributed by atoms with E-state index in [-0.39, 0.29) is 1.43 Å². The number of halogens is 1. The number of nitrogens with one attached hydrogen (secondary N) is 1. The predicted octanol–water partition coefficient (Wildman–Crippen LogP) is 2.29. The van der Waals surface area contributed by atoms with E-state index in [9.17, 15) is 0 Å². The molecule has 8 heavy (non-hydrogen) atoms. The van der Waals surface area contributed by atoms with E-state index in [0.717, 1.165) is 3.70 Å². The lowest BCUT2D eigenvalue weighted by molar-refractivity contribution is 1.30. The number of aromatic nitrogens is 2. The molecule has 0 spiro atoms. The minimum atomic E-state index is 0. The van der Waals surface area contributed by atoms with Crippen LogP contribution in [-0.2, 0) is 0 Å². The third-order valence-electron chi connectivity index (χ3n) is 0.465. The summed E-state index contributed by atoms with van der Waals surface area (Å²) in [5.74, 6) is 0. The molecule has 0 radical (unpaired) electrons. The number of hydrogen-bond donors (Lipinski definition) is 1. The highest BCUT2D eigenvalue weighted by atomic mass is 127. The van der Waals surface area contributed by atoms with Crippen LogP contribution in [-0.4, -0.2) is 9.97 Å². The fourth-order valence-electron chi connectivity index (χ4n) is 0.239. The lowest BCUT2D eigenvalue weighted by Crippen LogP contribution is -1.57. The number of rotatable bonds is 0. The van der Waals surface area contributed by atoms with Crippen molar-refractivity contribution in [3.8, 4) is 0 Å². The molecule has 1 N–H and O–H groups in total. The SMILES string of the molecule is CC.Ic1cnc[nH]1.[HH]. The first-order chi connectivity index (χ1) is 3.89. The zero-order valence-corrected chi connectivity index (χ0v) is 7.14. The Morgan fingerprint density at radius 3 is 2.50 bits per heavy atom. The van der Waals surface area contributed by atoms with Gasteiger partial charge in [-0.1, -0.05) is 13.8 Å². The van der Waals surface area contributed by atoms with E-state index in [1.165, 1.54) is 0 Å². The number of imidazole rings is 1. The van der Waals surface area contributed by atoms with Gasteiger partial charge in [-0.2, -0.15) is 0 Å². The summed E-state index contributed by atoms with van der Waals surface area (Å²) in [6.45, 7) is 4.00. The van der Waals surface area contributed by atoms with Crippen molar-refractivity contribution in [1.82, 2.24) is 9.97 Å². The van der Waals surface area contributed by atoms with Crippen molar-refractivity contribution in [2.75, 3.05) is 0 Å². The molecule has 0 fully saturated rings. The second kappa shape index (κ2) is 5.08. The van der Waals surface area contributed by atoms with Crippen LogP contribution in [0.4, 0.5) is 0 Å². The molecule has 1 aromatic heterocycles. The van der Waals surface area contributed by atoms with Gasteiger partial charge in [-0.3, -0.25) is 0 Å². The van der Waals surface area contributed by atoms with Crippen molar-refractivity contribution in [3.05, 3.63) is 16.2 Å². The average molecular weight is 226 g/mol. The van der Waals surface area contributed by atoms with Gasteiger partial charge in [0.2, 0.25) is 0 Å². The largest absolute Gasteiger partial charge is 0.340 e. The first-order valence-electron chi connectivity index (χ1n) is 2.53. The van der Waals surface area contributed by atoms with Crippen molar-refractivity contribution in [3.63, 3.8) is 0 Å². The molecule has 0 aliphatic carbocycles. The highest BCUT2D eigenvalue weighted by Crippen LogP contribution is 1.92. The van der Waals surface area contributed by atoms with Gasteiger partial charge in [0.15, 0.2) is 0 Å². The fourth-order valence-corrected chi connectivity index (χ4v) is 0.539. The lowest BCUT2D eigenvalue weighted by Gasteiger charge is -1.64. The first kappa shape index (κ1) is 7.94. The van der Waals surface area contributed by atoms with E-state index in [1.807, 2.05) is 13.8 Å². The van der Waals surface area contributed by atoms with Crippen LogP contribution < -0.4 is 0 Å². The maximum atomic E-state index is 3.76. The number of hydrogen-bond acceptors (Lipinski definition) is 1. The highest BCUT2D eigenvalue weighted by Gasteiger charge is 1.76. The molecule has 0 aliphatic rings. The Morgan fingerprint density at radius 1 is 1.75 bits per heavy atom. The van der Waals surface area contributed by atoms with Gasteiger partial charge in [-0.15, -0.1) is 0 Å². The number of aromatic amines is 1. The van der Waals surface area contributed by atoms with Crippen LogP contribution >= 0.6 is 22.6 Å². The van der Waals surface area contributed by atoms with E-state index < -0.39 is 0 Å². The summed E-state index contributed by atoms with van der Waals surface area (Å²) in [5.41, 5.74) is 0. The van der Waals surface area contributed by atoms with Gasteiger partial charge in [0.25, 0.3) is 0 Å². The third-order valence-corrected chi connectivity index (χ3v) is 1.05. The molecule has 48 valence electrons. The maximum Gasteiger partial charge on any atom is 0.0968 e. The van der Waals surface area contributed by atoms with E-state index in [4.69, 9.17) is 0 Å². The molecule has 0 atom stereocenters. The molecule has 0 bridgehead atoms. The van der Waals surface area contributed by atoms with Gasteiger partial charge in [-0.25, -0.2) is 4.98 Å². The zero-order chi connectivity index (χ0) is 6.41. The van der Waals surface area contributed by atoms with E-state index >= 15 is 0 Å². The van der Waals surface area contributed by atoms with Gasteiger partial charge >= 0.3 is 0 Å². The van der Waals surface area contributed by atoms with Crippen molar-refractivity contribution in [2.45, 2.75) is 13.8 Å². The van der Waals surface area contributed by atoms with Crippen LogP contribution in [0, 0.1) is 3.70 Å². The molecule has 0 unspecified atom stereocenters. The van der Waals surface area contributed by atoms with Crippen molar-refractivity contribution in [1.29, 1.82) is 0 Å². The summed E-state index contributed by atoms with van der Waals surface area (Å²) in [6.07, 6.45) is 3.42. The van der Waals surface area contributed by atoms with Crippen LogP contribution in [0.3, 0.4) is 0 Å². The summed E-state index contributed by atoms with van der Waals surface area (Å²) < 4.78 is 1.08. The molecule has 0 saturated heterocycles. The molecule has 0 aromatic carbocycles. The minimum Gasteiger partial charge on any atom is -0.340 e. The Morgan fingerprint density at radius 2 is 2.38 bits per heavy atom. The molecule has 2 nitrogen and oxygen atoms in total. The quantitative estimate of drug-likeness (QED) is 0.675. The zero-order valence-electron chi connectivity index (χ0n) is 4.98. The molecule has 0 saturated carbocycles. The number of H-pyrrole nitrogens is 1.